The first-order valence-corrected chi connectivity index (χ1v) is 6.63. The third-order valence-electron chi connectivity index (χ3n) is 3.15. The zero-order chi connectivity index (χ0) is 14.0. The summed E-state index contributed by atoms with van der Waals surface area (Å²) in [6.07, 6.45) is 3.14. The standard InChI is InChI=1S/C13H22N4O2/c1-13(2,3)19-12(18)17-8-4-5-9(14)11(17)10-6-7-15-16-10/h6-7,9,11H,4-5,8,14H2,1-3H3,(H,15,16). The van der Waals surface area contributed by atoms with E-state index in [1.165, 1.54) is 0 Å². The monoisotopic (exact) mass is 266 g/mol. The lowest BCUT2D eigenvalue weighted by atomic mass is 9.95. The average molecular weight is 266 g/mol. The van der Waals surface area contributed by atoms with Crippen LogP contribution in [-0.4, -0.2) is 39.4 Å². The Kier molecular flexibility index (Phi) is 3.80. The molecule has 0 bridgehead atoms. The van der Waals surface area contributed by atoms with Crippen LogP contribution in [0.4, 0.5) is 4.79 Å². The molecule has 1 aliphatic heterocycles. The number of amides is 1. The number of hydrogen-bond acceptors (Lipinski definition) is 4. The second-order valence-corrected chi connectivity index (χ2v) is 5.94. The molecule has 6 heteroatoms. The Bertz CT molecular complexity index is 424. The van der Waals surface area contributed by atoms with E-state index in [1.54, 1.807) is 11.1 Å². The van der Waals surface area contributed by atoms with Crippen LogP contribution in [0.3, 0.4) is 0 Å². The van der Waals surface area contributed by atoms with Crippen molar-refractivity contribution in [2.75, 3.05) is 6.54 Å². The lowest BCUT2D eigenvalue weighted by Gasteiger charge is -2.39. The normalized spacial score (nSPS) is 24.3. The molecule has 1 fully saturated rings. The van der Waals surface area contributed by atoms with Crippen molar-refractivity contribution in [2.45, 2.75) is 51.3 Å². The fourth-order valence-electron chi connectivity index (χ4n) is 2.38. The summed E-state index contributed by atoms with van der Waals surface area (Å²) in [7, 11) is 0. The predicted molar refractivity (Wildman–Crippen MR) is 71.5 cm³/mol. The zero-order valence-electron chi connectivity index (χ0n) is 11.7. The molecule has 1 aromatic heterocycles. The highest BCUT2D eigenvalue weighted by molar-refractivity contribution is 5.69. The number of rotatable bonds is 1. The first kappa shape index (κ1) is 13.9. The summed E-state index contributed by atoms with van der Waals surface area (Å²) < 4.78 is 5.45. The van der Waals surface area contributed by atoms with Gasteiger partial charge in [-0.25, -0.2) is 4.79 Å². The number of ether oxygens (including phenoxy) is 1. The predicted octanol–water partition coefficient (Wildman–Crippen LogP) is 1.81. The Hall–Kier alpha value is -1.56. The van der Waals surface area contributed by atoms with Crippen molar-refractivity contribution in [3.63, 3.8) is 0 Å². The molecule has 1 saturated heterocycles. The summed E-state index contributed by atoms with van der Waals surface area (Å²) in [5, 5.41) is 6.85. The van der Waals surface area contributed by atoms with Crippen LogP contribution in [0.25, 0.3) is 0 Å². The van der Waals surface area contributed by atoms with E-state index in [4.69, 9.17) is 10.5 Å². The number of aromatic nitrogens is 2. The van der Waals surface area contributed by atoms with E-state index in [9.17, 15) is 4.79 Å². The number of nitrogens with zero attached hydrogens (tertiary/aromatic N) is 2. The van der Waals surface area contributed by atoms with Crippen molar-refractivity contribution >= 4 is 6.09 Å². The smallest absolute Gasteiger partial charge is 0.410 e. The van der Waals surface area contributed by atoms with Gasteiger partial charge in [0.2, 0.25) is 0 Å². The summed E-state index contributed by atoms with van der Waals surface area (Å²) in [6.45, 7) is 6.24. The molecule has 1 aromatic rings. The highest BCUT2D eigenvalue weighted by Gasteiger charge is 2.36. The molecular weight excluding hydrogens is 244 g/mol. The van der Waals surface area contributed by atoms with Crippen LogP contribution < -0.4 is 5.73 Å². The van der Waals surface area contributed by atoms with Gasteiger partial charge in [0.15, 0.2) is 0 Å². The minimum Gasteiger partial charge on any atom is -0.444 e. The molecular formula is C13H22N4O2. The molecule has 3 N–H and O–H groups in total. The van der Waals surface area contributed by atoms with Crippen LogP contribution in [-0.2, 0) is 4.74 Å². The number of piperidine rings is 1. The van der Waals surface area contributed by atoms with Crippen molar-refractivity contribution in [2.24, 2.45) is 5.73 Å². The van der Waals surface area contributed by atoms with Gasteiger partial charge in [0.25, 0.3) is 0 Å². The highest BCUT2D eigenvalue weighted by Crippen LogP contribution is 2.30. The quantitative estimate of drug-likeness (QED) is 0.812. The average Bonchev–Trinajstić information content (AvgIpc) is 2.79. The van der Waals surface area contributed by atoms with Crippen LogP contribution in [0.1, 0.15) is 45.3 Å². The van der Waals surface area contributed by atoms with Crippen molar-refractivity contribution < 1.29 is 9.53 Å². The van der Waals surface area contributed by atoms with E-state index in [0.29, 0.717) is 6.54 Å². The number of nitrogens with one attached hydrogen (secondary N) is 1. The molecule has 6 nitrogen and oxygen atoms in total. The Balaban J connectivity index is 2.19. The Morgan fingerprint density at radius 1 is 1.58 bits per heavy atom. The maximum Gasteiger partial charge on any atom is 0.410 e. The Morgan fingerprint density at radius 2 is 2.32 bits per heavy atom. The fourth-order valence-corrected chi connectivity index (χ4v) is 2.38. The van der Waals surface area contributed by atoms with E-state index in [0.717, 1.165) is 18.5 Å². The summed E-state index contributed by atoms with van der Waals surface area (Å²) in [6, 6.07) is 1.57. The van der Waals surface area contributed by atoms with Crippen LogP contribution in [0.5, 0.6) is 0 Å². The topological polar surface area (TPSA) is 84.2 Å². The molecule has 2 unspecified atom stereocenters. The summed E-state index contributed by atoms with van der Waals surface area (Å²) >= 11 is 0. The maximum atomic E-state index is 12.3. The van der Waals surface area contributed by atoms with Crippen molar-refractivity contribution in [1.82, 2.24) is 15.1 Å². The van der Waals surface area contributed by atoms with Gasteiger partial charge in [0.05, 0.1) is 11.7 Å². The highest BCUT2D eigenvalue weighted by atomic mass is 16.6. The molecule has 2 rings (SSSR count). The molecule has 0 radical (unpaired) electrons. The van der Waals surface area contributed by atoms with Crippen molar-refractivity contribution in [1.29, 1.82) is 0 Å². The van der Waals surface area contributed by atoms with E-state index >= 15 is 0 Å². The first-order chi connectivity index (χ1) is 8.88. The van der Waals surface area contributed by atoms with E-state index < -0.39 is 5.60 Å². The minimum atomic E-state index is -0.503. The lowest BCUT2D eigenvalue weighted by molar-refractivity contribution is 0.00588. The largest absolute Gasteiger partial charge is 0.444 e. The number of hydrogen-bond donors (Lipinski definition) is 2. The van der Waals surface area contributed by atoms with E-state index in [1.807, 2.05) is 26.8 Å². The number of aromatic amines is 1. The number of nitrogens with two attached hydrogens (primary N) is 1. The number of likely N-dealkylation sites (tertiary alicyclic amines) is 1. The van der Waals surface area contributed by atoms with E-state index in [2.05, 4.69) is 10.2 Å². The van der Waals surface area contributed by atoms with Gasteiger partial charge in [-0.15, -0.1) is 0 Å². The Labute approximate surface area is 113 Å². The van der Waals surface area contributed by atoms with Gasteiger partial charge >= 0.3 is 6.09 Å². The van der Waals surface area contributed by atoms with Crippen molar-refractivity contribution in [3.8, 4) is 0 Å². The molecule has 2 atom stereocenters. The minimum absolute atomic E-state index is 0.0956. The summed E-state index contributed by atoms with van der Waals surface area (Å²) in [5.41, 5.74) is 6.52. The van der Waals surface area contributed by atoms with Gasteiger partial charge in [-0.2, -0.15) is 5.10 Å². The molecule has 0 aliphatic carbocycles. The molecule has 0 aromatic carbocycles. The second kappa shape index (κ2) is 5.21. The van der Waals surface area contributed by atoms with Crippen molar-refractivity contribution in [3.05, 3.63) is 18.0 Å². The van der Waals surface area contributed by atoms with E-state index in [-0.39, 0.29) is 18.2 Å². The molecule has 0 spiro atoms. The van der Waals surface area contributed by atoms with Gasteiger partial charge in [-0.1, -0.05) is 0 Å². The van der Waals surface area contributed by atoms with Crippen LogP contribution in [0.2, 0.25) is 0 Å². The summed E-state index contributed by atoms with van der Waals surface area (Å²) in [5.74, 6) is 0. The first-order valence-electron chi connectivity index (χ1n) is 6.63. The molecule has 19 heavy (non-hydrogen) atoms. The zero-order valence-corrected chi connectivity index (χ0v) is 11.7. The third kappa shape index (κ3) is 3.26. The van der Waals surface area contributed by atoms with Crippen LogP contribution >= 0.6 is 0 Å². The molecule has 2 heterocycles. The van der Waals surface area contributed by atoms with Gasteiger partial charge < -0.3 is 10.5 Å². The van der Waals surface area contributed by atoms with Gasteiger partial charge in [-0.05, 0) is 39.7 Å². The maximum absolute atomic E-state index is 12.3. The molecule has 1 amide bonds. The third-order valence-corrected chi connectivity index (χ3v) is 3.15. The number of H-pyrrole nitrogens is 1. The number of carbonyl (C=O) groups excluding carboxylic acids is 1. The van der Waals surface area contributed by atoms with Gasteiger partial charge in [0, 0.05) is 18.8 Å². The van der Waals surface area contributed by atoms with Crippen LogP contribution in [0.15, 0.2) is 12.3 Å². The molecule has 1 aliphatic rings. The number of carbonyl (C=O) groups is 1. The summed E-state index contributed by atoms with van der Waals surface area (Å²) in [4.78, 5) is 14.0. The molecule has 0 saturated carbocycles. The fraction of sp³-hybridized carbons (Fsp3) is 0.692. The SMILES string of the molecule is CC(C)(C)OC(=O)N1CCCC(N)C1c1ccn[nH]1. The molecule has 106 valence electrons. The lowest BCUT2D eigenvalue weighted by Crippen LogP contribution is -2.50. The Morgan fingerprint density at radius 3 is 2.89 bits per heavy atom. The van der Waals surface area contributed by atoms with Gasteiger partial charge in [-0.3, -0.25) is 10.00 Å². The van der Waals surface area contributed by atoms with Gasteiger partial charge in [0.1, 0.15) is 5.60 Å². The van der Waals surface area contributed by atoms with Crippen LogP contribution in [0, 0.1) is 0 Å². The second-order valence-electron chi connectivity index (χ2n) is 5.94.